The largest absolute Gasteiger partial charge is 0.492 e. The molecule has 1 aliphatic rings. The van der Waals surface area contributed by atoms with E-state index in [1.807, 2.05) is 6.07 Å². The van der Waals surface area contributed by atoms with Gasteiger partial charge < -0.3 is 10.1 Å². The second-order valence-corrected chi connectivity index (χ2v) is 4.73. The lowest BCUT2D eigenvalue weighted by molar-refractivity contribution is 0.253. The Labute approximate surface area is 106 Å². The van der Waals surface area contributed by atoms with Gasteiger partial charge in [-0.1, -0.05) is 30.1 Å². The van der Waals surface area contributed by atoms with Crippen LogP contribution in [0.5, 0.6) is 5.75 Å². The first-order chi connectivity index (χ1) is 7.74. The van der Waals surface area contributed by atoms with Crippen LogP contribution in [0.4, 0.5) is 0 Å². The van der Waals surface area contributed by atoms with Crippen LogP contribution in [0.25, 0.3) is 0 Å². The summed E-state index contributed by atoms with van der Waals surface area (Å²) in [4.78, 5) is 0. The van der Waals surface area contributed by atoms with Crippen LogP contribution in [0, 0.1) is 0 Å². The van der Waals surface area contributed by atoms with Gasteiger partial charge in [0.2, 0.25) is 0 Å². The van der Waals surface area contributed by atoms with E-state index in [1.54, 1.807) is 6.07 Å². The highest BCUT2D eigenvalue weighted by molar-refractivity contribution is 6.35. The standard InChI is InChI=1S/C12H15Cl2NO/c1-2-6-15-10-5-7-16-12-9(14)4-3-8(13)11(10)12/h3-4,10,15H,2,5-7H2,1H3. The minimum atomic E-state index is 0.259. The van der Waals surface area contributed by atoms with E-state index in [2.05, 4.69) is 12.2 Å². The predicted octanol–water partition coefficient (Wildman–Crippen LogP) is 3.82. The van der Waals surface area contributed by atoms with Crippen molar-refractivity contribution in [2.45, 2.75) is 25.8 Å². The molecule has 16 heavy (non-hydrogen) atoms. The maximum Gasteiger partial charge on any atom is 0.144 e. The molecule has 0 saturated carbocycles. The summed E-state index contributed by atoms with van der Waals surface area (Å²) in [6, 6.07) is 3.87. The van der Waals surface area contributed by atoms with Gasteiger partial charge in [-0.25, -0.2) is 0 Å². The van der Waals surface area contributed by atoms with Crippen LogP contribution < -0.4 is 10.1 Å². The van der Waals surface area contributed by atoms with Gasteiger partial charge in [-0.15, -0.1) is 0 Å². The Morgan fingerprint density at radius 2 is 2.12 bits per heavy atom. The lowest BCUT2D eigenvalue weighted by Crippen LogP contribution is -2.28. The molecular weight excluding hydrogens is 245 g/mol. The molecule has 88 valence electrons. The third-order valence-corrected chi connectivity index (χ3v) is 3.36. The lowest BCUT2D eigenvalue weighted by Gasteiger charge is -2.28. The molecule has 0 spiro atoms. The topological polar surface area (TPSA) is 21.3 Å². The molecule has 0 amide bonds. The molecule has 1 aliphatic heterocycles. The highest BCUT2D eigenvalue weighted by Gasteiger charge is 2.25. The zero-order chi connectivity index (χ0) is 11.5. The number of rotatable bonds is 3. The summed E-state index contributed by atoms with van der Waals surface area (Å²) in [5.74, 6) is 0.744. The summed E-state index contributed by atoms with van der Waals surface area (Å²) < 4.78 is 5.59. The summed E-state index contributed by atoms with van der Waals surface area (Å²) in [6.45, 7) is 3.81. The van der Waals surface area contributed by atoms with Crippen LogP contribution in [0.1, 0.15) is 31.4 Å². The van der Waals surface area contributed by atoms with E-state index in [4.69, 9.17) is 27.9 Å². The monoisotopic (exact) mass is 259 g/mol. The first kappa shape index (κ1) is 12.0. The van der Waals surface area contributed by atoms with Gasteiger partial charge in [-0.2, -0.15) is 0 Å². The fourth-order valence-electron chi connectivity index (χ4n) is 1.97. The summed E-state index contributed by atoms with van der Waals surface area (Å²) in [5, 5.41) is 4.84. The molecule has 0 bridgehead atoms. The third kappa shape index (κ3) is 2.29. The number of hydrogen-bond donors (Lipinski definition) is 1. The van der Waals surface area contributed by atoms with Gasteiger partial charge >= 0.3 is 0 Å². The first-order valence-corrected chi connectivity index (χ1v) is 6.33. The number of fused-ring (bicyclic) bond motifs is 1. The first-order valence-electron chi connectivity index (χ1n) is 5.58. The molecular formula is C12H15Cl2NO. The maximum absolute atomic E-state index is 6.21. The fraction of sp³-hybridized carbons (Fsp3) is 0.500. The van der Waals surface area contributed by atoms with E-state index in [0.717, 1.165) is 35.7 Å². The van der Waals surface area contributed by atoms with Crippen LogP contribution in [-0.2, 0) is 0 Å². The van der Waals surface area contributed by atoms with Crippen LogP contribution in [0.2, 0.25) is 10.0 Å². The van der Waals surface area contributed by atoms with Crippen molar-refractivity contribution in [2.75, 3.05) is 13.2 Å². The second kappa shape index (κ2) is 5.26. The van der Waals surface area contributed by atoms with E-state index >= 15 is 0 Å². The highest BCUT2D eigenvalue weighted by Crippen LogP contribution is 2.41. The Balaban J connectivity index is 2.33. The molecule has 0 fully saturated rings. The molecule has 0 aromatic heterocycles. The van der Waals surface area contributed by atoms with E-state index in [-0.39, 0.29) is 6.04 Å². The third-order valence-electron chi connectivity index (χ3n) is 2.74. The molecule has 1 atom stereocenters. The van der Waals surface area contributed by atoms with Gasteiger partial charge in [-0.05, 0) is 25.1 Å². The molecule has 1 unspecified atom stereocenters. The quantitative estimate of drug-likeness (QED) is 0.892. The van der Waals surface area contributed by atoms with Crippen molar-refractivity contribution >= 4 is 23.2 Å². The summed E-state index contributed by atoms with van der Waals surface area (Å²) >= 11 is 12.3. The van der Waals surface area contributed by atoms with Crippen molar-refractivity contribution in [1.82, 2.24) is 5.32 Å². The van der Waals surface area contributed by atoms with E-state index in [1.165, 1.54) is 0 Å². The molecule has 2 nitrogen and oxygen atoms in total. The average Bonchev–Trinajstić information content (AvgIpc) is 2.31. The minimum Gasteiger partial charge on any atom is -0.492 e. The zero-order valence-corrected chi connectivity index (χ0v) is 10.7. The van der Waals surface area contributed by atoms with Crippen molar-refractivity contribution in [3.05, 3.63) is 27.7 Å². The molecule has 1 aromatic carbocycles. The Bertz CT molecular complexity index is 382. The number of nitrogens with one attached hydrogen (secondary N) is 1. The molecule has 0 saturated heterocycles. The number of ether oxygens (including phenoxy) is 1. The zero-order valence-electron chi connectivity index (χ0n) is 9.22. The summed E-state index contributed by atoms with van der Waals surface area (Å²) in [6.07, 6.45) is 2.04. The smallest absolute Gasteiger partial charge is 0.144 e. The van der Waals surface area contributed by atoms with E-state index < -0.39 is 0 Å². The minimum absolute atomic E-state index is 0.259. The molecule has 1 aromatic rings. The van der Waals surface area contributed by atoms with Crippen LogP contribution in [0.15, 0.2) is 12.1 Å². The van der Waals surface area contributed by atoms with Gasteiger partial charge in [0.1, 0.15) is 5.75 Å². The SMILES string of the molecule is CCCNC1CCOc2c(Cl)ccc(Cl)c21. The Morgan fingerprint density at radius 1 is 1.38 bits per heavy atom. The van der Waals surface area contributed by atoms with Crippen molar-refractivity contribution in [3.63, 3.8) is 0 Å². The Morgan fingerprint density at radius 3 is 2.88 bits per heavy atom. The van der Waals surface area contributed by atoms with Crippen molar-refractivity contribution < 1.29 is 4.74 Å². The Hall–Kier alpha value is -0.440. The van der Waals surface area contributed by atoms with Crippen molar-refractivity contribution in [1.29, 1.82) is 0 Å². The highest BCUT2D eigenvalue weighted by atomic mass is 35.5. The summed E-state index contributed by atoms with van der Waals surface area (Å²) in [7, 11) is 0. The molecule has 4 heteroatoms. The maximum atomic E-state index is 6.21. The van der Waals surface area contributed by atoms with E-state index in [9.17, 15) is 0 Å². The van der Waals surface area contributed by atoms with E-state index in [0.29, 0.717) is 11.6 Å². The van der Waals surface area contributed by atoms with Crippen LogP contribution in [0.3, 0.4) is 0 Å². The average molecular weight is 260 g/mol. The Kier molecular flexibility index (Phi) is 3.95. The fourth-order valence-corrected chi connectivity index (χ4v) is 2.47. The van der Waals surface area contributed by atoms with Gasteiger partial charge in [0, 0.05) is 23.0 Å². The molecule has 2 rings (SSSR count). The number of benzene rings is 1. The number of hydrogen-bond acceptors (Lipinski definition) is 2. The molecule has 1 heterocycles. The van der Waals surface area contributed by atoms with Gasteiger partial charge in [0.15, 0.2) is 0 Å². The molecule has 0 aliphatic carbocycles. The number of halogens is 2. The lowest BCUT2D eigenvalue weighted by atomic mass is 10.0. The van der Waals surface area contributed by atoms with Gasteiger partial charge in [0.25, 0.3) is 0 Å². The predicted molar refractivity (Wildman–Crippen MR) is 67.6 cm³/mol. The van der Waals surface area contributed by atoms with Gasteiger partial charge in [-0.3, -0.25) is 0 Å². The normalized spacial score (nSPS) is 19.1. The van der Waals surface area contributed by atoms with Crippen molar-refractivity contribution in [2.24, 2.45) is 0 Å². The van der Waals surface area contributed by atoms with Crippen LogP contribution >= 0.6 is 23.2 Å². The molecule has 0 radical (unpaired) electrons. The van der Waals surface area contributed by atoms with Crippen molar-refractivity contribution in [3.8, 4) is 5.75 Å². The second-order valence-electron chi connectivity index (χ2n) is 3.92. The van der Waals surface area contributed by atoms with Crippen LogP contribution in [-0.4, -0.2) is 13.2 Å². The molecule has 1 N–H and O–H groups in total. The summed E-state index contributed by atoms with van der Waals surface area (Å²) in [5.41, 5.74) is 1.01. The van der Waals surface area contributed by atoms with Gasteiger partial charge in [0.05, 0.1) is 11.6 Å².